The average molecular weight is 280 g/mol. The molecule has 4 heteroatoms. The van der Waals surface area contributed by atoms with Gasteiger partial charge < -0.3 is 11.1 Å². The number of thiocarbonyl (C=S) groups is 1. The summed E-state index contributed by atoms with van der Waals surface area (Å²) in [4.78, 5) is 0.241. The Morgan fingerprint density at radius 2 is 2.26 bits per heavy atom. The highest BCUT2D eigenvalue weighted by Crippen LogP contribution is 2.29. The van der Waals surface area contributed by atoms with Crippen LogP contribution in [0.25, 0.3) is 0 Å². The molecule has 0 radical (unpaired) electrons. The number of hydrogen-bond donors (Lipinski definition) is 2. The number of nitrogens with two attached hydrogens (primary N) is 1. The monoisotopic (exact) mass is 280 g/mol. The van der Waals surface area contributed by atoms with E-state index in [0.717, 1.165) is 18.0 Å². The molecule has 0 aromatic heterocycles. The lowest BCUT2D eigenvalue weighted by atomic mass is 9.84. The summed E-state index contributed by atoms with van der Waals surface area (Å²) in [6, 6.07) is 5.03. The van der Waals surface area contributed by atoms with E-state index < -0.39 is 0 Å². The van der Waals surface area contributed by atoms with Crippen LogP contribution in [0.1, 0.15) is 44.6 Å². The van der Waals surface area contributed by atoms with Gasteiger partial charge in [0, 0.05) is 17.3 Å². The first-order valence-electron chi connectivity index (χ1n) is 6.96. The number of benzene rings is 1. The number of nitrogens with one attached hydrogen (secondary N) is 1. The minimum Gasteiger partial charge on any atom is -0.389 e. The second-order valence-electron chi connectivity index (χ2n) is 5.34. The number of rotatable bonds is 4. The van der Waals surface area contributed by atoms with Gasteiger partial charge in [-0.3, -0.25) is 0 Å². The highest BCUT2D eigenvalue weighted by atomic mass is 32.1. The van der Waals surface area contributed by atoms with Gasteiger partial charge in [-0.15, -0.1) is 0 Å². The molecule has 0 spiro atoms. The Kier molecular flexibility index (Phi) is 4.75. The predicted octanol–water partition coefficient (Wildman–Crippen LogP) is 3.84. The molecule has 0 aliphatic heterocycles. The van der Waals surface area contributed by atoms with Crippen LogP contribution in [0.5, 0.6) is 0 Å². The van der Waals surface area contributed by atoms with Gasteiger partial charge in [0.05, 0.1) is 0 Å². The SMILES string of the molecule is CCC1CCCC(Nc2ccc(F)cc2C(N)=S)C1. The summed E-state index contributed by atoms with van der Waals surface area (Å²) in [5.74, 6) is 0.489. The van der Waals surface area contributed by atoms with E-state index in [4.69, 9.17) is 18.0 Å². The molecule has 2 rings (SSSR count). The zero-order chi connectivity index (χ0) is 13.8. The van der Waals surface area contributed by atoms with Gasteiger partial charge in [-0.25, -0.2) is 4.39 Å². The molecule has 1 aliphatic carbocycles. The first kappa shape index (κ1) is 14.3. The Labute approximate surface area is 119 Å². The van der Waals surface area contributed by atoms with Crippen LogP contribution in [0.4, 0.5) is 10.1 Å². The number of anilines is 1. The smallest absolute Gasteiger partial charge is 0.124 e. The molecule has 1 aromatic rings. The quantitative estimate of drug-likeness (QED) is 0.823. The molecule has 1 aromatic carbocycles. The van der Waals surface area contributed by atoms with Crippen molar-refractivity contribution in [3.8, 4) is 0 Å². The van der Waals surface area contributed by atoms with E-state index in [9.17, 15) is 4.39 Å². The van der Waals surface area contributed by atoms with Crippen LogP contribution < -0.4 is 11.1 Å². The van der Waals surface area contributed by atoms with E-state index in [1.807, 2.05) is 0 Å². The Morgan fingerprint density at radius 1 is 1.47 bits per heavy atom. The van der Waals surface area contributed by atoms with E-state index in [1.165, 1.54) is 37.8 Å². The van der Waals surface area contributed by atoms with Crippen LogP contribution >= 0.6 is 12.2 Å². The minimum atomic E-state index is -0.302. The molecule has 2 unspecified atom stereocenters. The summed E-state index contributed by atoms with van der Waals surface area (Å²) in [6.07, 6.45) is 6.12. The second kappa shape index (κ2) is 6.33. The summed E-state index contributed by atoms with van der Waals surface area (Å²) in [6.45, 7) is 2.24. The van der Waals surface area contributed by atoms with Crippen molar-refractivity contribution in [1.82, 2.24) is 0 Å². The van der Waals surface area contributed by atoms with E-state index in [-0.39, 0.29) is 10.8 Å². The third kappa shape index (κ3) is 3.66. The summed E-state index contributed by atoms with van der Waals surface area (Å²) in [5, 5.41) is 3.49. The Balaban J connectivity index is 2.12. The van der Waals surface area contributed by atoms with Crippen LogP contribution in [-0.4, -0.2) is 11.0 Å². The number of hydrogen-bond acceptors (Lipinski definition) is 2. The standard InChI is InChI=1S/C15H21FN2S/c1-2-10-4-3-5-12(8-10)18-14-7-6-11(16)9-13(14)15(17)19/h6-7,9-10,12,18H,2-5,8H2,1H3,(H2,17,19). The molecule has 2 nitrogen and oxygen atoms in total. The van der Waals surface area contributed by atoms with Crippen LogP contribution in [0.15, 0.2) is 18.2 Å². The van der Waals surface area contributed by atoms with Gasteiger partial charge in [0.25, 0.3) is 0 Å². The van der Waals surface area contributed by atoms with Crippen LogP contribution in [0.3, 0.4) is 0 Å². The van der Waals surface area contributed by atoms with Crippen molar-refractivity contribution in [3.63, 3.8) is 0 Å². The molecule has 1 aliphatic rings. The van der Waals surface area contributed by atoms with Crippen molar-refractivity contribution >= 4 is 22.9 Å². The maximum absolute atomic E-state index is 13.3. The van der Waals surface area contributed by atoms with Gasteiger partial charge in [0.2, 0.25) is 0 Å². The molecule has 19 heavy (non-hydrogen) atoms. The molecule has 104 valence electrons. The van der Waals surface area contributed by atoms with Crippen molar-refractivity contribution in [2.45, 2.75) is 45.1 Å². The maximum atomic E-state index is 13.3. The molecule has 3 N–H and O–H groups in total. The van der Waals surface area contributed by atoms with Crippen molar-refractivity contribution in [1.29, 1.82) is 0 Å². The van der Waals surface area contributed by atoms with Gasteiger partial charge >= 0.3 is 0 Å². The maximum Gasteiger partial charge on any atom is 0.124 e. The third-order valence-electron chi connectivity index (χ3n) is 3.97. The normalized spacial score (nSPS) is 23.1. The molecule has 0 saturated heterocycles. The largest absolute Gasteiger partial charge is 0.389 e. The Hall–Kier alpha value is -1.16. The second-order valence-corrected chi connectivity index (χ2v) is 5.78. The zero-order valence-corrected chi connectivity index (χ0v) is 12.1. The van der Waals surface area contributed by atoms with Gasteiger partial charge in [0.1, 0.15) is 10.8 Å². The van der Waals surface area contributed by atoms with E-state index in [2.05, 4.69) is 12.2 Å². The zero-order valence-electron chi connectivity index (χ0n) is 11.3. The molecule has 0 bridgehead atoms. The molecular formula is C15H21FN2S. The predicted molar refractivity (Wildman–Crippen MR) is 81.9 cm³/mol. The van der Waals surface area contributed by atoms with Crippen molar-refractivity contribution in [2.75, 3.05) is 5.32 Å². The lowest BCUT2D eigenvalue weighted by molar-refractivity contribution is 0.327. The van der Waals surface area contributed by atoms with Crippen LogP contribution in [0, 0.1) is 11.7 Å². The van der Waals surface area contributed by atoms with Crippen molar-refractivity contribution in [2.24, 2.45) is 11.7 Å². The topological polar surface area (TPSA) is 38.0 Å². The lowest BCUT2D eigenvalue weighted by Gasteiger charge is -2.30. The van der Waals surface area contributed by atoms with Gasteiger partial charge in [-0.1, -0.05) is 38.4 Å². The number of halogens is 1. The fourth-order valence-corrected chi connectivity index (χ4v) is 3.03. The fraction of sp³-hybridized carbons (Fsp3) is 0.533. The lowest BCUT2D eigenvalue weighted by Crippen LogP contribution is -2.28. The fourth-order valence-electron chi connectivity index (χ4n) is 2.86. The minimum absolute atomic E-state index is 0.241. The molecule has 2 atom stereocenters. The highest BCUT2D eigenvalue weighted by Gasteiger charge is 2.21. The third-order valence-corrected chi connectivity index (χ3v) is 4.19. The van der Waals surface area contributed by atoms with E-state index >= 15 is 0 Å². The van der Waals surface area contributed by atoms with Gasteiger partial charge in [-0.2, -0.15) is 0 Å². The van der Waals surface area contributed by atoms with Gasteiger partial charge in [-0.05, 0) is 37.0 Å². The molecule has 0 amide bonds. The molecular weight excluding hydrogens is 259 g/mol. The summed E-state index contributed by atoms with van der Waals surface area (Å²) >= 11 is 4.99. The average Bonchev–Trinajstić information content (AvgIpc) is 2.41. The first-order chi connectivity index (χ1) is 9.10. The molecule has 1 saturated carbocycles. The van der Waals surface area contributed by atoms with E-state index in [1.54, 1.807) is 6.07 Å². The Bertz CT molecular complexity index is 461. The summed E-state index contributed by atoms with van der Waals surface area (Å²) in [7, 11) is 0. The van der Waals surface area contributed by atoms with Crippen LogP contribution in [-0.2, 0) is 0 Å². The van der Waals surface area contributed by atoms with Crippen LogP contribution in [0.2, 0.25) is 0 Å². The Morgan fingerprint density at radius 3 is 2.95 bits per heavy atom. The summed E-state index contributed by atoms with van der Waals surface area (Å²) < 4.78 is 13.3. The highest BCUT2D eigenvalue weighted by molar-refractivity contribution is 7.80. The van der Waals surface area contributed by atoms with Crippen molar-refractivity contribution in [3.05, 3.63) is 29.6 Å². The van der Waals surface area contributed by atoms with E-state index in [0.29, 0.717) is 11.6 Å². The van der Waals surface area contributed by atoms with Crippen molar-refractivity contribution < 1.29 is 4.39 Å². The molecule has 0 heterocycles. The molecule has 1 fully saturated rings. The first-order valence-corrected chi connectivity index (χ1v) is 7.37. The summed E-state index contributed by atoms with van der Waals surface area (Å²) in [5.41, 5.74) is 7.13. The van der Waals surface area contributed by atoms with Gasteiger partial charge in [0.15, 0.2) is 0 Å².